The molecule has 1 saturated carbocycles. The first-order valence-corrected chi connectivity index (χ1v) is 5.89. The van der Waals surface area contributed by atoms with Gasteiger partial charge >= 0.3 is 0 Å². The lowest BCUT2D eigenvalue weighted by Crippen LogP contribution is -2.41. The van der Waals surface area contributed by atoms with Crippen LogP contribution in [0.1, 0.15) is 37.3 Å². The molecule has 0 N–H and O–H groups in total. The maximum Gasteiger partial charge on any atom is 0.136 e. The lowest BCUT2D eigenvalue weighted by molar-refractivity contribution is -0.123. The molecule has 1 aliphatic carbocycles. The Hall–Kier alpha value is -1.31. The van der Waals surface area contributed by atoms with Gasteiger partial charge in [0.25, 0.3) is 0 Å². The highest BCUT2D eigenvalue weighted by atomic mass is 16.5. The van der Waals surface area contributed by atoms with Crippen molar-refractivity contribution in [3.05, 3.63) is 29.3 Å². The molecule has 2 atom stereocenters. The number of fused-ring (bicyclic) bond motifs is 3. The number of hydrogen-bond donors (Lipinski definition) is 0. The number of ketones is 1. The zero-order chi connectivity index (χ0) is 11.3. The molecule has 0 saturated heterocycles. The van der Waals surface area contributed by atoms with Gasteiger partial charge in [0.15, 0.2) is 0 Å². The van der Waals surface area contributed by atoms with Gasteiger partial charge in [-0.3, -0.25) is 4.79 Å². The van der Waals surface area contributed by atoms with Gasteiger partial charge in [-0.15, -0.1) is 0 Å². The van der Waals surface area contributed by atoms with Gasteiger partial charge in [-0.1, -0.05) is 24.6 Å². The van der Waals surface area contributed by atoms with E-state index in [-0.39, 0.29) is 11.5 Å². The van der Waals surface area contributed by atoms with Crippen molar-refractivity contribution in [1.29, 1.82) is 0 Å². The number of rotatable bonds is 0. The molecule has 0 spiro atoms. The minimum Gasteiger partial charge on any atom is -0.489 e. The van der Waals surface area contributed by atoms with Crippen molar-refractivity contribution in [2.75, 3.05) is 0 Å². The summed E-state index contributed by atoms with van der Waals surface area (Å²) in [5.41, 5.74) is 2.61. The highest BCUT2D eigenvalue weighted by molar-refractivity contribution is 5.81. The zero-order valence-electron chi connectivity index (χ0n) is 9.75. The molecule has 2 nitrogen and oxygen atoms in total. The SMILES string of the molecule is Cc1ccc2c(c1)C1(C)CCC(=O)CC1O2. The van der Waals surface area contributed by atoms with E-state index in [4.69, 9.17) is 4.74 Å². The molecule has 84 valence electrons. The average Bonchev–Trinajstić information content (AvgIpc) is 2.52. The Morgan fingerprint density at radius 3 is 3.06 bits per heavy atom. The Morgan fingerprint density at radius 2 is 2.25 bits per heavy atom. The topological polar surface area (TPSA) is 26.3 Å². The van der Waals surface area contributed by atoms with E-state index in [0.717, 1.165) is 12.2 Å². The van der Waals surface area contributed by atoms with Gasteiger partial charge in [0.05, 0.1) is 0 Å². The Labute approximate surface area is 95.6 Å². The Kier molecular flexibility index (Phi) is 1.91. The average molecular weight is 216 g/mol. The van der Waals surface area contributed by atoms with Gasteiger partial charge in [-0.2, -0.15) is 0 Å². The second kappa shape index (κ2) is 3.09. The van der Waals surface area contributed by atoms with Crippen molar-refractivity contribution in [1.82, 2.24) is 0 Å². The fraction of sp³-hybridized carbons (Fsp3) is 0.500. The molecule has 1 heterocycles. The molecule has 1 fully saturated rings. The molecule has 1 aromatic rings. The number of hydrogen-bond acceptors (Lipinski definition) is 2. The molecule has 2 unspecified atom stereocenters. The highest BCUT2D eigenvalue weighted by Crippen LogP contribution is 2.49. The molecule has 16 heavy (non-hydrogen) atoms. The number of benzene rings is 1. The molecule has 1 aliphatic heterocycles. The van der Waals surface area contributed by atoms with Gasteiger partial charge in [-0.05, 0) is 19.4 Å². The van der Waals surface area contributed by atoms with Gasteiger partial charge in [0.2, 0.25) is 0 Å². The van der Waals surface area contributed by atoms with Crippen LogP contribution in [0.5, 0.6) is 5.75 Å². The third-order valence-electron chi connectivity index (χ3n) is 4.07. The summed E-state index contributed by atoms with van der Waals surface area (Å²) in [6, 6.07) is 6.32. The van der Waals surface area contributed by atoms with Crippen molar-refractivity contribution in [3.8, 4) is 5.75 Å². The summed E-state index contributed by atoms with van der Waals surface area (Å²) in [4.78, 5) is 11.5. The quantitative estimate of drug-likeness (QED) is 0.666. The minimum absolute atomic E-state index is 0.0509. The normalized spacial score (nSPS) is 31.9. The number of aryl methyl sites for hydroxylation is 1. The van der Waals surface area contributed by atoms with E-state index in [1.54, 1.807) is 0 Å². The molecule has 3 rings (SSSR count). The van der Waals surface area contributed by atoms with Gasteiger partial charge in [0.1, 0.15) is 17.6 Å². The van der Waals surface area contributed by atoms with Crippen molar-refractivity contribution in [2.45, 2.75) is 44.6 Å². The van der Waals surface area contributed by atoms with Crippen molar-refractivity contribution < 1.29 is 9.53 Å². The van der Waals surface area contributed by atoms with E-state index >= 15 is 0 Å². The Bertz CT molecular complexity index is 464. The summed E-state index contributed by atoms with van der Waals surface area (Å²) in [7, 11) is 0. The summed E-state index contributed by atoms with van der Waals surface area (Å²) in [5, 5.41) is 0. The predicted octanol–water partition coefficient (Wildman–Crippen LogP) is 2.77. The van der Waals surface area contributed by atoms with Crippen LogP contribution in [-0.4, -0.2) is 11.9 Å². The summed E-state index contributed by atoms with van der Waals surface area (Å²) < 4.78 is 5.92. The van der Waals surface area contributed by atoms with E-state index in [1.165, 1.54) is 11.1 Å². The third-order valence-corrected chi connectivity index (χ3v) is 4.07. The van der Waals surface area contributed by atoms with Crippen molar-refractivity contribution in [3.63, 3.8) is 0 Å². The fourth-order valence-corrected chi connectivity index (χ4v) is 2.92. The number of Topliss-reactive ketones (excluding diaryl/α,β-unsaturated/α-hetero) is 1. The Balaban J connectivity index is 2.09. The second-order valence-corrected chi connectivity index (χ2v) is 5.27. The van der Waals surface area contributed by atoms with Crippen LogP contribution in [0.25, 0.3) is 0 Å². The van der Waals surface area contributed by atoms with Crippen LogP contribution in [0.15, 0.2) is 18.2 Å². The van der Waals surface area contributed by atoms with Crippen LogP contribution in [0, 0.1) is 6.92 Å². The smallest absolute Gasteiger partial charge is 0.136 e. The van der Waals surface area contributed by atoms with Gasteiger partial charge in [-0.25, -0.2) is 0 Å². The van der Waals surface area contributed by atoms with Crippen LogP contribution in [0.2, 0.25) is 0 Å². The van der Waals surface area contributed by atoms with Crippen LogP contribution in [-0.2, 0) is 10.2 Å². The van der Waals surface area contributed by atoms with Crippen LogP contribution in [0.4, 0.5) is 0 Å². The second-order valence-electron chi connectivity index (χ2n) is 5.27. The molecule has 1 aromatic carbocycles. The fourth-order valence-electron chi connectivity index (χ4n) is 2.92. The van der Waals surface area contributed by atoms with E-state index in [2.05, 4.69) is 26.0 Å². The van der Waals surface area contributed by atoms with Gasteiger partial charge in [0, 0.05) is 23.8 Å². The molecule has 0 bridgehead atoms. The van der Waals surface area contributed by atoms with E-state index in [9.17, 15) is 4.79 Å². The predicted molar refractivity (Wildman–Crippen MR) is 61.8 cm³/mol. The summed E-state index contributed by atoms with van der Waals surface area (Å²) in [5.74, 6) is 1.32. The summed E-state index contributed by atoms with van der Waals surface area (Å²) in [6.07, 6.45) is 2.26. The number of ether oxygens (including phenoxy) is 1. The van der Waals surface area contributed by atoms with Crippen molar-refractivity contribution >= 4 is 5.78 Å². The summed E-state index contributed by atoms with van der Waals surface area (Å²) >= 11 is 0. The van der Waals surface area contributed by atoms with Crippen LogP contribution < -0.4 is 4.74 Å². The highest BCUT2D eigenvalue weighted by Gasteiger charge is 2.48. The zero-order valence-corrected chi connectivity index (χ0v) is 9.75. The molecule has 2 aliphatic rings. The molecule has 2 heteroatoms. The van der Waals surface area contributed by atoms with Gasteiger partial charge < -0.3 is 4.74 Å². The third kappa shape index (κ3) is 1.22. The van der Waals surface area contributed by atoms with Crippen molar-refractivity contribution in [2.24, 2.45) is 0 Å². The van der Waals surface area contributed by atoms with E-state index in [0.29, 0.717) is 18.6 Å². The van der Waals surface area contributed by atoms with Crippen LogP contribution >= 0.6 is 0 Å². The van der Waals surface area contributed by atoms with E-state index in [1.807, 2.05) is 6.07 Å². The molecule has 0 aromatic heterocycles. The standard InChI is InChI=1S/C14H16O2/c1-9-3-4-12-11(7-9)14(2)6-5-10(15)8-13(14)16-12/h3-4,7,13H,5-6,8H2,1-2H3. The number of carbonyl (C=O) groups excluding carboxylic acids is 1. The molecule has 0 amide bonds. The first kappa shape index (κ1) is 9.88. The first-order chi connectivity index (χ1) is 7.59. The molecular weight excluding hydrogens is 200 g/mol. The first-order valence-electron chi connectivity index (χ1n) is 5.89. The maximum absolute atomic E-state index is 11.5. The lowest BCUT2D eigenvalue weighted by atomic mass is 9.70. The number of carbonyl (C=O) groups is 1. The minimum atomic E-state index is 0.0509. The maximum atomic E-state index is 11.5. The van der Waals surface area contributed by atoms with Crippen LogP contribution in [0.3, 0.4) is 0 Å². The lowest BCUT2D eigenvalue weighted by Gasteiger charge is -2.33. The Morgan fingerprint density at radius 1 is 1.44 bits per heavy atom. The monoisotopic (exact) mass is 216 g/mol. The molecular formula is C14H16O2. The largest absolute Gasteiger partial charge is 0.489 e. The van der Waals surface area contributed by atoms with E-state index < -0.39 is 0 Å². The summed E-state index contributed by atoms with van der Waals surface area (Å²) in [6.45, 7) is 4.33. The molecule has 0 radical (unpaired) electrons.